The Hall–Kier alpha value is -3.32. The van der Waals surface area contributed by atoms with Crippen molar-refractivity contribution in [3.8, 4) is 11.5 Å². The summed E-state index contributed by atoms with van der Waals surface area (Å²) in [4.78, 5) is 30.7. The molecule has 0 unspecified atom stereocenters. The molecule has 0 saturated carbocycles. The Morgan fingerprint density at radius 2 is 1.89 bits per heavy atom. The Bertz CT molecular complexity index is 1190. The summed E-state index contributed by atoms with van der Waals surface area (Å²) in [6, 6.07) is 12.3. The number of carbonyl (C=O) groups excluding carboxylic acids is 2. The Morgan fingerprint density at radius 1 is 1.11 bits per heavy atom. The average molecular weight is 521 g/mol. The Balaban J connectivity index is 1.72. The van der Waals surface area contributed by atoms with Crippen LogP contribution in [0.15, 0.2) is 48.0 Å². The zero-order chi connectivity index (χ0) is 27.2. The largest absolute Gasteiger partial charge is 0.507 e. The molecule has 1 amide bonds. The fourth-order valence-corrected chi connectivity index (χ4v) is 5.30. The SMILES string of the molecule is CCCCOc1cccc([C@@H]2C(=C(O)c3ccc4c(c3)C[C@@H](C)O4)C(=O)C(=O)N2CCCN(CC)CC)c1. The quantitative estimate of drug-likeness (QED) is 0.176. The maximum atomic E-state index is 13.4. The third kappa shape index (κ3) is 5.88. The number of amides is 1. The van der Waals surface area contributed by atoms with Crippen LogP contribution in [-0.2, 0) is 16.0 Å². The highest BCUT2D eigenvalue weighted by Crippen LogP contribution is 2.41. The number of carbonyl (C=O) groups is 2. The van der Waals surface area contributed by atoms with Crippen LogP contribution in [0.4, 0.5) is 0 Å². The zero-order valence-electron chi connectivity index (χ0n) is 23.0. The van der Waals surface area contributed by atoms with Gasteiger partial charge in [0, 0.05) is 18.5 Å². The molecule has 1 saturated heterocycles. The lowest BCUT2D eigenvalue weighted by atomic mass is 9.94. The van der Waals surface area contributed by atoms with Crippen molar-refractivity contribution in [3.63, 3.8) is 0 Å². The highest BCUT2D eigenvalue weighted by molar-refractivity contribution is 6.46. The van der Waals surface area contributed by atoms with Gasteiger partial charge in [-0.2, -0.15) is 0 Å². The fraction of sp³-hybridized carbons (Fsp3) is 0.484. The van der Waals surface area contributed by atoms with Crippen molar-refractivity contribution in [3.05, 3.63) is 64.7 Å². The van der Waals surface area contributed by atoms with Crippen molar-refractivity contribution in [1.82, 2.24) is 9.80 Å². The van der Waals surface area contributed by atoms with Gasteiger partial charge in [0.1, 0.15) is 23.4 Å². The Morgan fingerprint density at radius 3 is 2.63 bits per heavy atom. The minimum absolute atomic E-state index is 0.0641. The van der Waals surface area contributed by atoms with Crippen molar-refractivity contribution in [2.45, 2.75) is 65.5 Å². The van der Waals surface area contributed by atoms with E-state index in [1.165, 1.54) is 0 Å². The number of likely N-dealkylation sites (tertiary alicyclic amines) is 1. The number of hydrogen-bond donors (Lipinski definition) is 1. The van der Waals surface area contributed by atoms with Crippen molar-refractivity contribution in [1.29, 1.82) is 0 Å². The van der Waals surface area contributed by atoms with Crippen molar-refractivity contribution < 1.29 is 24.2 Å². The molecule has 2 aromatic carbocycles. The highest BCUT2D eigenvalue weighted by Gasteiger charge is 2.46. The maximum absolute atomic E-state index is 13.4. The van der Waals surface area contributed by atoms with E-state index in [2.05, 4.69) is 25.7 Å². The first-order chi connectivity index (χ1) is 18.4. The first-order valence-electron chi connectivity index (χ1n) is 13.9. The van der Waals surface area contributed by atoms with Crippen molar-refractivity contribution in [2.75, 3.05) is 32.8 Å². The number of Topliss-reactive ketones (excluding diaryl/α,β-unsaturated/α-hetero) is 1. The number of fused-ring (bicyclic) bond motifs is 1. The number of hydrogen-bond acceptors (Lipinski definition) is 6. The van der Waals surface area contributed by atoms with E-state index in [1.807, 2.05) is 43.3 Å². The molecule has 2 atom stereocenters. The van der Waals surface area contributed by atoms with Crippen LogP contribution < -0.4 is 9.47 Å². The van der Waals surface area contributed by atoms with Gasteiger partial charge in [0.2, 0.25) is 0 Å². The fourth-order valence-electron chi connectivity index (χ4n) is 5.30. The van der Waals surface area contributed by atoms with Gasteiger partial charge in [-0.05, 0) is 80.9 Å². The van der Waals surface area contributed by atoms with Gasteiger partial charge in [-0.15, -0.1) is 0 Å². The predicted octanol–water partition coefficient (Wildman–Crippen LogP) is 5.34. The van der Waals surface area contributed by atoms with Crippen LogP contribution in [0.25, 0.3) is 5.76 Å². The van der Waals surface area contributed by atoms with Crippen LogP contribution in [0.5, 0.6) is 11.5 Å². The summed E-state index contributed by atoms with van der Waals surface area (Å²) in [5.41, 5.74) is 2.37. The highest BCUT2D eigenvalue weighted by atomic mass is 16.5. The van der Waals surface area contributed by atoms with Crippen LogP contribution in [0, 0.1) is 0 Å². The van der Waals surface area contributed by atoms with Gasteiger partial charge in [0.05, 0.1) is 18.2 Å². The number of unbranched alkanes of at least 4 members (excludes halogenated alkanes) is 1. The van der Waals surface area contributed by atoms with Gasteiger partial charge in [0.15, 0.2) is 0 Å². The topological polar surface area (TPSA) is 79.3 Å². The van der Waals surface area contributed by atoms with E-state index in [0.717, 1.165) is 62.2 Å². The van der Waals surface area contributed by atoms with Gasteiger partial charge >= 0.3 is 0 Å². The summed E-state index contributed by atoms with van der Waals surface area (Å²) in [5, 5.41) is 11.5. The molecule has 0 spiro atoms. The molecule has 1 fully saturated rings. The molecule has 204 valence electrons. The molecular weight excluding hydrogens is 480 g/mol. The molecule has 2 aliphatic heterocycles. The van der Waals surface area contributed by atoms with E-state index in [9.17, 15) is 14.7 Å². The van der Waals surface area contributed by atoms with Crippen LogP contribution >= 0.6 is 0 Å². The summed E-state index contributed by atoms with van der Waals surface area (Å²) >= 11 is 0. The summed E-state index contributed by atoms with van der Waals surface area (Å²) < 4.78 is 11.7. The summed E-state index contributed by atoms with van der Waals surface area (Å²) in [6.07, 6.45) is 3.49. The number of aliphatic hydroxyl groups excluding tert-OH is 1. The maximum Gasteiger partial charge on any atom is 0.295 e. The third-order valence-corrected chi connectivity index (χ3v) is 7.42. The molecule has 2 aliphatic rings. The predicted molar refractivity (Wildman–Crippen MR) is 148 cm³/mol. The van der Waals surface area contributed by atoms with E-state index in [1.54, 1.807) is 11.0 Å². The molecule has 0 radical (unpaired) electrons. The number of benzene rings is 2. The van der Waals surface area contributed by atoms with Crippen LogP contribution in [0.3, 0.4) is 0 Å². The lowest BCUT2D eigenvalue weighted by Gasteiger charge is -2.27. The monoisotopic (exact) mass is 520 g/mol. The molecule has 1 N–H and O–H groups in total. The van der Waals surface area contributed by atoms with Gasteiger partial charge in [-0.25, -0.2) is 0 Å². The minimum Gasteiger partial charge on any atom is -0.507 e. The minimum atomic E-state index is -0.690. The molecule has 7 heteroatoms. The van der Waals surface area contributed by atoms with Gasteiger partial charge < -0.3 is 24.4 Å². The molecule has 0 aromatic heterocycles. The molecule has 7 nitrogen and oxygen atoms in total. The Kier molecular flexibility index (Phi) is 9.10. The van der Waals surface area contributed by atoms with Crippen LogP contribution in [0.1, 0.15) is 69.7 Å². The second-order valence-electron chi connectivity index (χ2n) is 10.1. The lowest BCUT2D eigenvalue weighted by Crippen LogP contribution is -2.33. The standard InChI is InChI=1S/C31H40N2O5/c1-5-8-17-37-25-12-9-11-22(20-25)28-27(29(34)23-13-14-26-24(19-23)18-21(4)38-26)30(35)31(36)33(28)16-10-15-32(6-2)7-3/h9,11-14,19-21,28,34H,5-8,10,15-18H2,1-4H3/t21-,28-/m1/s1. The summed E-state index contributed by atoms with van der Waals surface area (Å²) in [7, 11) is 0. The second-order valence-corrected chi connectivity index (χ2v) is 10.1. The number of rotatable bonds is 12. The van der Waals surface area contributed by atoms with Crippen LogP contribution in [0.2, 0.25) is 0 Å². The third-order valence-electron chi connectivity index (χ3n) is 7.42. The van der Waals surface area contributed by atoms with E-state index in [-0.39, 0.29) is 17.4 Å². The zero-order valence-corrected chi connectivity index (χ0v) is 23.0. The smallest absolute Gasteiger partial charge is 0.295 e. The van der Waals surface area contributed by atoms with E-state index < -0.39 is 17.7 Å². The van der Waals surface area contributed by atoms with Crippen molar-refractivity contribution >= 4 is 17.4 Å². The first-order valence-corrected chi connectivity index (χ1v) is 13.9. The van der Waals surface area contributed by atoms with E-state index in [4.69, 9.17) is 9.47 Å². The molecule has 2 heterocycles. The second kappa shape index (κ2) is 12.5. The van der Waals surface area contributed by atoms with Crippen LogP contribution in [-0.4, -0.2) is 65.5 Å². The first kappa shape index (κ1) is 27.7. The number of ether oxygens (including phenoxy) is 2. The molecule has 0 aliphatic carbocycles. The molecule has 4 rings (SSSR count). The lowest BCUT2D eigenvalue weighted by molar-refractivity contribution is -0.140. The number of nitrogens with zero attached hydrogens (tertiary/aromatic N) is 2. The summed E-state index contributed by atoms with van der Waals surface area (Å²) in [6.45, 7) is 12.0. The molecule has 2 aromatic rings. The van der Waals surface area contributed by atoms with Crippen molar-refractivity contribution in [2.24, 2.45) is 0 Å². The number of aliphatic hydroxyl groups is 1. The van der Waals surface area contributed by atoms with E-state index >= 15 is 0 Å². The molecule has 0 bridgehead atoms. The van der Waals surface area contributed by atoms with E-state index in [0.29, 0.717) is 24.5 Å². The van der Waals surface area contributed by atoms with Gasteiger partial charge in [-0.3, -0.25) is 9.59 Å². The normalized spacial score (nSPS) is 20.2. The van der Waals surface area contributed by atoms with Gasteiger partial charge in [0.25, 0.3) is 11.7 Å². The Labute approximate surface area is 226 Å². The average Bonchev–Trinajstić information content (AvgIpc) is 3.42. The molecular formula is C31H40N2O5. The van der Waals surface area contributed by atoms with Gasteiger partial charge in [-0.1, -0.05) is 39.3 Å². The molecule has 38 heavy (non-hydrogen) atoms. The number of ketones is 1. The summed E-state index contributed by atoms with van der Waals surface area (Å²) in [5.74, 6) is 0.0938.